The zero-order valence-electron chi connectivity index (χ0n) is 8.97. The second-order valence-electron chi connectivity index (χ2n) is 3.34. The maximum atomic E-state index is 11.7. The molecule has 8 heteroatoms. The SMILES string of the molecule is NC(=O)CCCNS(=O)(=O)c1c[nH]ccc1=O. The average Bonchev–Trinajstić information content (AvgIpc) is 2.24. The van der Waals surface area contributed by atoms with Crippen LogP contribution in [-0.4, -0.2) is 25.9 Å². The fraction of sp³-hybridized carbons (Fsp3) is 0.333. The molecule has 0 unspecified atom stereocenters. The maximum absolute atomic E-state index is 11.7. The van der Waals surface area contributed by atoms with E-state index in [0.717, 1.165) is 12.3 Å². The van der Waals surface area contributed by atoms with Gasteiger partial charge in [0, 0.05) is 31.4 Å². The van der Waals surface area contributed by atoms with Crippen LogP contribution in [0.1, 0.15) is 12.8 Å². The lowest BCUT2D eigenvalue weighted by Gasteiger charge is -2.04. The summed E-state index contributed by atoms with van der Waals surface area (Å²) in [5.41, 5.74) is 4.31. The highest BCUT2D eigenvalue weighted by Crippen LogP contribution is 1.99. The van der Waals surface area contributed by atoms with E-state index in [1.807, 2.05) is 0 Å². The van der Waals surface area contributed by atoms with Crippen molar-refractivity contribution in [2.75, 3.05) is 6.54 Å². The van der Waals surface area contributed by atoms with Gasteiger partial charge in [-0.15, -0.1) is 0 Å². The first kappa shape index (κ1) is 13.4. The minimum absolute atomic E-state index is 0.0552. The van der Waals surface area contributed by atoms with Crippen molar-refractivity contribution in [1.29, 1.82) is 0 Å². The second kappa shape index (κ2) is 5.60. The topological polar surface area (TPSA) is 122 Å². The Hall–Kier alpha value is -1.67. The van der Waals surface area contributed by atoms with Gasteiger partial charge in [0.2, 0.25) is 21.4 Å². The summed E-state index contributed by atoms with van der Waals surface area (Å²) in [6, 6.07) is 1.12. The van der Waals surface area contributed by atoms with Crippen molar-refractivity contribution in [1.82, 2.24) is 9.71 Å². The number of nitrogens with one attached hydrogen (secondary N) is 2. The second-order valence-corrected chi connectivity index (χ2v) is 5.08. The first-order chi connectivity index (χ1) is 7.93. The van der Waals surface area contributed by atoms with Gasteiger partial charge in [-0.2, -0.15) is 0 Å². The zero-order chi connectivity index (χ0) is 12.9. The zero-order valence-corrected chi connectivity index (χ0v) is 9.79. The van der Waals surface area contributed by atoms with Crippen LogP contribution in [0.2, 0.25) is 0 Å². The summed E-state index contributed by atoms with van der Waals surface area (Å²) in [6.07, 6.45) is 2.83. The van der Waals surface area contributed by atoms with E-state index in [2.05, 4.69) is 9.71 Å². The van der Waals surface area contributed by atoms with E-state index in [1.54, 1.807) is 0 Å². The lowest BCUT2D eigenvalue weighted by Crippen LogP contribution is -2.29. The highest BCUT2D eigenvalue weighted by atomic mass is 32.2. The number of carbonyl (C=O) groups excluding carboxylic acids is 1. The standard InChI is InChI=1S/C9H13N3O4S/c10-9(14)2-1-4-12-17(15,16)8-6-11-5-3-7(8)13/h3,5-6,12H,1-2,4H2,(H2,10,14)(H,11,13). The van der Waals surface area contributed by atoms with Gasteiger partial charge in [0.15, 0.2) is 0 Å². The third-order valence-corrected chi connectivity index (χ3v) is 3.45. The number of pyridine rings is 1. The van der Waals surface area contributed by atoms with Crippen LogP contribution in [0.3, 0.4) is 0 Å². The van der Waals surface area contributed by atoms with Crippen LogP contribution in [-0.2, 0) is 14.8 Å². The maximum Gasteiger partial charge on any atom is 0.245 e. The molecule has 0 saturated carbocycles. The molecule has 17 heavy (non-hydrogen) atoms. The van der Waals surface area contributed by atoms with Crippen molar-refractivity contribution in [2.24, 2.45) is 5.73 Å². The van der Waals surface area contributed by atoms with Crippen LogP contribution < -0.4 is 15.9 Å². The Morgan fingerprint density at radius 1 is 1.47 bits per heavy atom. The molecule has 94 valence electrons. The Labute approximate surface area is 98.1 Å². The lowest BCUT2D eigenvalue weighted by molar-refractivity contribution is -0.118. The molecule has 0 aliphatic heterocycles. The molecule has 0 bridgehead atoms. The Bertz CT molecular complexity index is 549. The number of nitrogens with two attached hydrogens (primary N) is 1. The molecule has 0 spiro atoms. The van der Waals surface area contributed by atoms with Gasteiger partial charge in [-0.05, 0) is 6.42 Å². The number of H-pyrrole nitrogens is 1. The highest BCUT2D eigenvalue weighted by Gasteiger charge is 2.16. The molecule has 7 nitrogen and oxygen atoms in total. The molecule has 1 aromatic heterocycles. The van der Waals surface area contributed by atoms with Crippen LogP contribution in [0, 0.1) is 0 Å². The Morgan fingerprint density at radius 3 is 2.76 bits per heavy atom. The Balaban J connectivity index is 2.67. The monoisotopic (exact) mass is 259 g/mol. The van der Waals surface area contributed by atoms with Gasteiger partial charge in [0.05, 0.1) is 0 Å². The van der Waals surface area contributed by atoms with E-state index >= 15 is 0 Å². The number of aromatic nitrogens is 1. The van der Waals surface area contributed by atoms with E-state index in [0.29, 0.717) is 6.42 Å². The van der Waals surface area contributed by atoms with Crippen molar-refractivity contribution in [3.63, 3.8) is 0 Å². The fourth-order valence-electron chi connectivity index (χ4n) is 1.16. The largest absolute Gasteiger partial charge is 0.370 e. The summed E-state index contributed by atoms with van der Waals surface area (Å²) in [5.74, 6) is -0.498. The summed E-state index contributed by atoms with van der Waals surface area (Å²) < 4.78 is 25.5. The molecular formula is C9H13N3O4S. The summed E-state index contributed by atoms with van der Waals surface area (Å²) >= 11 is 0. The molecule has 0 aliphatic rings. The minimum atomic E-state index is -3.83. The van der Waals surface area contributed by atoms with Crippen LogP contribution >= 0.6 is 0 Å². The molecule has 0 fully saturated rings. The van der Waals surface area contributed by atoms with Gasteiger partial charge < -0.3 is 10.7 Å². The number of sulfonamides is 1. The van der Waals surface area contributed by atoms with Gasteiger partial charge >= 0.3 is 0 Å². The normalized spacial score (nSPS) is 11.3. The van der Waals surface area contributed by atoms with Crippen molar-refractivity contribution in [3.8, 4) is 0 Å². The predicted octanol–water partition coefficient (Wildman–Crippen LogP) is -1.08. The van der Waals surface area contributed by atoms with E-state index < -0.39 is 21.4 Å². The predicted molar refractivity (Wildman–Crippen MR) is 60.7 cm³/mol. The third kappa shape index (κ3) is 4.00. The van der Waals surface area contributed by atoms with Crippen LogP contribution in [0.15, 0.2) is 28.2 Å². The molecule has 4 N–H and O–H groups in total. The molecule has 1 amide bonds. The molecule has 0 radical (unpaired) electrons. The van der Waals surface area contributed by atoms with Crippen molar-refractivity contribution in [2.45, 2.75) is 17.7 Å². The summed E-state index contributed by atoms with van der Waals surface area (Å²) in [7, 11) is -3.83. The number of hydrogen-bond acceptors (Lipinski definition) is 4. The van der Waals surface area contributed by atoms with Gasteiger partial charge in [0.25, 0.3) is 0 Å². The summed E-state index contributed by atoms with van der Waals surface area (Å²) in [5, 5.41) is 0. The summed E-state index contributed by atoms with van der Waals surface area (Å²) in [6.45, 7) is 0.0552. The van der Waals surface area contributed by atoms with E-state index in [9.17, 15) is 18.0 Å². The smallest absolute Gasteiger partial charge is 0.245 e. The first-order valence-corrected chi connectivity index (χ1v) is 6.37. The molecular weight excluding hydrogens is 246 g/mol. The molecule has 0 saturated heterocycles. The number of amides is 1. The van der Waals surface area contributed by atoms with Crippen molar-refractivity contribution < 1.29 is 13.2 Å². The van der Waals surface area contributed by atoms with Crippen molar-refractivity contribution in [3.05, 3.63) is 28.7 Å². The van der Waals surface area contributed by atoms with Gasteiger partial charge in [-0.3, -0.25) is 9.59 Å². The Kier molecular flexibility index (Phi) is 4.41. The quantitative estimate of drug-likeness (QED) is 0.562. The molecule has 1 aromatic rings. The average molecular weight is 259 g/mol. The minimum Gasteiger partial charge on any atom is -0.370 e. The summed E-state index contributed by atoms with van der Waals surface area (Å²) in [4.78, 5) is 23.9. The van der Waals surface area contributed by atoms with E-state index in [4.69, 9.17) is 5.73 Å². The molecule has 1 heterocycles. The van der Waals surface area contributed by atoms with Crippen molar-refractivity contribution >= 4 is 15.9 Å². The molecule has 1 rings (SSSR count). The van der Waals surface area contributed by atoms with E-state index in [1.165, 1.54) is 6.20 Å². The van der Waals surface area contributed by atoms with Crippen LogP contribution in [0.25, 0.3) is 0 Å². The highest BCUT2D eigenvalue weighted by molar-refractivity contribution is 7.89. The number of hydrogen-bond donors (Lipinski definition) is 3. The Morgan fingerprint density at radius 2 is 2.18 bits per heavy atom. The number of primary amides is 1. The van der Waals surface area contributed by atoms with Gasteiger partial charge in [0.1, 0.15) is 4.90 Å². The lowest BCUT2D eigenvalue weighted by atomic mass is 10.3. The fourth-order valence-corrected chi connectivity index (χ4v) is 2.28. The molecule has 0 atom stereocenters. The molecule has 0 aromatic carbocycles. The molecule has 0 aliphatic carbocycles. The first-order valence-electron chi connectivity index (χ1n) is 4.88. The third-order valence-electron chi connectivity index (χ3n) is 1.97. The van der Waals surface area contributed by atoms with Gasteiger partial charge in [-0.25, -0.2) is 13.1 Å². The van der Waals surface area contributed by atoms with Crippen LogP contribution in [0.5, 0.6) is 0 Å². The van der Waals surface area contributed by atoms with Gasteiger partial charge in [-0.1, -0.05) is 0 Å². The van der Waals surface area contributed by atoms with E-state index in [-0.39, 0.29) is 17.9 Å². The number of aromatic amines is 1. The number of carbonyl (C=O) groups is 1. The number of rotatable bonds is 6. The van der Waals surface area contributed by atoms with Crippen LogP contribution in [0.4, 0.5) is 0 Å².